The van der Waals surface area contributed by atoms with Gasteiger partial charge in [0.05, 0.1) is 17.6 Å². The van der Waals surface area contributed by atoms with E-state index < -0.39 is 0 Å². The molecule has 0 atom stereocenters. The van der Waals surface area contributed by atoms with E-state index in [-0.39, 0.29) is 5.91 Å². The van der Waals surface area contributed by atoms with Crippen LogP contribution in [0.2, 0.25) is 0 Å². The van der Waals surface area contributed by atoms with E-state index in [1.54, 1.807) is 6.20 Å². The molecule has 3 rings (SSSR count). The quantitative estimate of drug-likeness (QED) is 0.563. The Morgan fingerprint density at radius 2 is 1.84 bits per heavy atom. The van der Waals surface area contributed by atoms with Crippen LogP contribution in [0.4, 0.5) is 5.69 Å². The van der Waals surface area contributed by atoms with Crippen molar-refractivity contribution in [2.24, 2.45) is 0 Å². The van der Waals surface area contributed by atoms with Gasteiger partial charge in [0.15, 0.2) is 5.16 Å². The SMILES string of the molecule is Cc1cc(C)cc(NC(=O)CSc2ncc(-c3ccc(Br)cc3)[nH]2)c1. The van der Waals surface area contributed by atoms with Gasteiger partial charge in [0.2, 0.25) is 5.91 Å². The van der Waals surface area contributed by atoms with Gasteiger partial charge >= 0.3 is 0 Å². The Labute approximate surface area is 159 Å². The number of carbonyl (C=O) groups excluding carboxylic acids is 1. The predicted molar refractivity (Wildman–Crippen MR) is 107 cm³/mol. The molecule has 0 spiro atoms. The number of hydrogen-bond acceptors (Lipinski definition) is 3. The first-order valence-electron chi connectivity index (χ1n) is 7.81. The molecule has 0 fully saturated rings. The summed E-state index contributed by atoms with van der Waals surface area (Å²) in [7, 11) is 0. The van der Waals surface area contributed by atoms with Crippen LogP contribution in [0.15, 0.2) is 58.3 Å². The van der Waals surface area contributed by atoms with E-state index >= 15 is 0 Å². The van der Waals surface area contributed by atoms with Crippen molar-refractivity contribution in [3.63, 3.8) is 0 Å². The fraction of sp³-hybridized carbons (Fsp3) is 0.158. The first kappa shape index (κ1) is 17.8. The summed E-state index contributed by atoms with van der Waals surface area (Å²) in [4.78, 5) is 19.7. The average Bonchev–Trinajstić information content (AvgIpc) is 3.01. The van der Waals surface area contributed by atoms with Crippen molar-refractivity contribution >= 4 is 39.3 Å². The number of hydrogen-bond donors (Lipinski definition) is 2. The number of anilines is 1. The molecule has 0 saturated carbocycles. The number of halogens is 1. The van der Waals surface area contributed by atoms with Gasteiger partial charge in [0.1, 0.15) is 0 Å². The van der Waals surface area contributed by atoms with Crippen molar-refractivity contribution in [2.45, 2.75) is 19.0 Å². The van der Waals surface area contributed by atoms with Crippen LogP contribution in [0.5, 0.6) is 0 Å². The number of rotatable bonds is 5. The lowest BCUT2D eigenvalue weighted by molar-refractivity contribution is -0.113. The predicted octanol–water partition coefficient (Wildman–Crippen LogP) is 5.19. The summed E-state index contributed by atoms with van der Waals surface area (Å²) < 4.78 is 1.04. The molecule has 25 heavy (non-hydrogen) atoms. The number of nitrogens with one attached hydrogen (secondary N) is 2. The Balaban J connectivity index is 1.58. The number of benzene rings is 2. The number of aromatic nitrogens is 2. The van der Waals surface area contributed by atoms with Gasteiger partial charge in [-0.2, -0.15) is 0 Å². The number of H-pyrrole nitrogens is 1. The average molecular weight is 416 g/mol. The number of aryl methyl sites for hydroxylation is 2. The first-order chi connectivity index (χ1) is 12.0. The maximum absolute atomic E-state index is 12.1. The standard InChI is InChI=1S/C19H18BrN3OS/c1-12-7-13(2)9-16(8-12)22-18(24)11-25-19-21-10-17(23-19)14-3-5-15(20)6-4-14/h3-10H,11H2,1-2H3,(H,21,23)(H,22,24). The van der Waals surface area contributed by atoms with Crippen LogP contribution in [0.25, 0.3) is 11.3 Å². The van der Waals surface area contributed by atoms with Crippen LogP contribution in [0.1, 0.15) is 11.1 Å². The van der Waals surface area contributed by atoms with Crippen molar-refractivity contribution in [1.82, 2.24) is 9.97 Å². The Kier molecular flexibility index (Phi) is 5.60. The van der Waals surface area contributed by atoms with E-state index in [0.717, 1.165) is 37.7 Å². The summed E-state index contributed by atoms with van der Waals surface area (Å²) in [5, 5.41) is 3.66. The van der Waals surface area contributed by atoms with Crippen LogP contribution in [-0.4, -0.2) is 21.6 Å². The molecular weight excluding hydrogens is 398 g/mol. The van der Waals surface area contributed by atoms with Crippen molar-refractivity contribution < 1.29 is 4.79 Å². The zero-order valence-electron chi connectivity index (χ0n) is 14.0. The fourth-order valence-corrected chi connectivity index (χ4v) is 3.44. The molecule has 6 heteroatoms. The summed E-state index contributed by atoms with van der Waals surface area (Å²) in [6, 6.07) is 14.0. The highest BCUT2D eigenvalue weighted by Gasteiger charge is 2.08. The van der Waals surface area contributed by atoms with Gasteiger partial charge in [-0.05, 0) is 54.8 Å². The third kappa shape index (κ3) is 4.96. The number of imidazole rings is 1. The largest absolute Gasteiger partial charge is 0.333 e. The molecule has 128 valence electrons. The monoisotopic (exact) mass is 415 g/mol. The summed E-state index contributed by atoms with van der Waals surface area (Å²) in [6.07, 6.45) is 1.79. The molecule has 1 amide bonds. The van der Waals surface area contributed by atoms with Crippen LogP contribution >= 0.6 is 27.7 Å². The van der Waals surface area contributed by atoms with Gasteiger partial charge in [0.25, 0.3) is 0 Å². The number of thioether (sulfide) groups is 1. The summed E-state index contributed by atoms with van der Waals surface area (Å²) in [5.74, 6) is 0.261. The molecule has 3 aromatic rings. The van der Waals surface area contributed by atoms with Crippen LogP contribution in [0.3, 0.4) is 0 Å². The number of amides is 1. The maximum Gasteiger partial charge on any atom is 0.234 e. The lowest BCUT2D eigenvalue weighted by Gasteiger charge is -2.07. The smallest absolute Gasteiger partial charge is 0.234 e. The third-order valence-corrected chi connectivity index (χ3v) is 4.97. The molecule has 0 aliphatic carbocycles. The molecule has 0 radical (unpaired) electrons. The first-order valence-corrected chi connectivity index (χ1v) is 9.59. The van der Waals surface area contributed by atoms with E-state index in [1.807, 2.05) is 50.2 Å². The number of nitrogens with zero attached hydrogens (tertiary/aromatic N) is 1. The van der Waals surface area contributed by atoms with Gasteiger partial charge in [-0.1, -0.05) is 45.9 Å². The van der Waals surface area contributed by atoms with Crippen molar-refractivity contribution in [1.29, 1.82) is 0 Å². The van der Waals surface area contributed by atoms with Gasteiger partial charge in [0, 0.05) is 10.2 Å². The molecule has 2 N–H and O–H groups in total. The highest BCUT2D eigenvalue weighted by molar-refractivity contribution is 9.10. The summed E-state index contributed by atoms with van der Waals surface area (Å²) >= 11 is 4.81. The number of aromatic amines is 1. The van der Waals surface area contributed by atoms with E-state index in [2.05, 4.69) is 37.3 Å². The molecular formula is C19H18BrN3OS. The Morgan fingerprint density at radius 1 is 1.16 bits per heavy atom. The van der Waals surface area contributed by atoms with Gasteiger partial charge in [-0.15, -0.1) is 0 Å². The minimum Gasteiger partial charge on any atom is -0.333 e. The van der Waals surface area contributed by atoms with Crippen LogP contribution in [0, 0.1) is 13.8 Å². The minimum atomic E-state index is -0.0448. The van der Waals surface area contributed by atoms with Crippen LogP contribution < -0.4 is 5.32 Å². The lowest BCUT2D eigenvalue weighted by atomic mass is 10.1. The molecule has 4 nitrogen and oxygen atoms in total. The van der Waals surface area contributed by atoms with E-state index in [9.17, 15) is 4.79 Å². The zero-order chi connectivity index (χ0) is 17.8. The maximum atomic E-state index is 12.1. The molecule has 0 saturated heterocycles. The van der Waals surface area contributed by atoms with Crippen molar-refractivity contribution in [3.8, 4) is 11.3 Å². The van der Waals surface area contributed by atoms with E-state index in [4.69, 9.17) is 0 Å². The highest BCUT2D eigenvalue weighted by Crippen LogP contribution is 2.23. The van der Waals surface area contributed by atoms with Gasteiger partial charge in [-0.3, -0.25) is 4.79 Å². The summed E-state index contributed by atoms with van der Waals surface area (Å²) in [6.45, 7) is 4.04. The fourth-order valence-electron chi connectivity index (χ4n) is 2.53. The van der Waals surface area contributed by atoms with Crippen LogP contribution in [-0.2, 0) is 4.79 Å². The molecule has 0 bridgehead atoms. The zero-order valence-corrected chi connectivity index (χ0v) is 16.4. The normalized spacial score (nSPS) is 10.7. The summed E-state index contributed by atoms with van der Waals surface area (Å²) in [5.41, 5.74) is 5.09. The minimum absolute atomic E-state index is 0.0448. The highest BCUT2D eigenvalue weighted by atomic mass is 79.9. The number of carbonyl (C=O) groups is 1. The van der Waals surface area contributed by atoms with E-state index in [1.165, 1.54) is 11.8 Å². The van der Waals surface area contributed by atoms with Gasteiger partial charge in [-0.25, -0.2) is 4.98 Å². The lowest BCUT2D eigenvalue weighted by Crippen LogP contribution is -2.14. The molecule has 0 aliphatic heterocycles. The molecule has 1 heterocycles. The van der Waals surface area contributed by atoms with E-state index in [0.29, 0.717) is 5.75 Å². The Morgan fingerprint density at radius 3 is 2.52 bits per heavy atom. The molecule has 2 aromatic carbocycles. The molecule has 0 aliphatic rings. The topological polar surface area (TPSA) is 57.8 Å². The second-order valence-corrected chi connectivity index (χ2v) is 7.70. The van der Waals surface area contributed by atoms with Crippen molar-refractivity contribution in [3.05, 3.63) is 64.3 Å². The Bertz CT molecular complexity index is 870. The molecule has 0 unspecified atom stereocenters. The van der Waals surface area contributed by atoms with Gasteiger partial charge < -0.3 is 10.3 Å². The second kappa shape index (κ2) is 7.89. The third-order valence-electron chi connectivity index (χ3n) is 3.55. The molecule has 1 aromatic heterocycles. The Hall–Kier alpha value is -2.05. The second-order valence-electron chi connectivity index (χ2n) is 5.82. The van der Waals surface area contributed by atoms with Crippen molar-refractivity contribution in [2.75, 3.05) is 11.1 Å².